The van der Waals surface area contributed by atoms with Gasteiger partial charge in [-0.1, -0.05) is 30.3 Å². The maximum absolute atomic E-state index is 3.46. The summed E-state index contributed by atoms with van der Waals surface area (Å²) in [5.41, 5.74) is 5.02. The summed E-state index contributed by atoms with van der Waals surface area (Å²) in [6.45, 7) is 0. The van der Waals surface area contributed by atoms with E-state index in [1.165, 1.54) is 33.1 Å². The van der Waals surface area contributed by atoms with E-state index in [0.29, 0.717) is 0 Å². The highest BCUT2D eigenvalue weighted by atomic mass is 14.9. The molecule has 0 unspecified atom stereocenters. The van der Waals surface area contributed by atoms with Gasteiger partial charge in [-0.3, -0.25) is 0 Å². The van der Waals surface area contributed by atoms with Gasteiger partial charge in [-0.15, -0.1) is 0 Å². The Bertz CT molecular complexity index is 750. The van der Waals surface area contributed by atoms with Gasteiger partial charge in [-0.2, -0.15) is 0 Å². The fourth-order valence-corrected chi connectivity index (χ4v) is 2.65. The second kappa shape index (κ2) is 3.14. The molecule has 0 atom stereocenters. The third kappa shape index (κ3) is 1.15. The monoisotopic (exact) mass is 220 g/mol. The Balaban J connectivity index is 2.22. The van der Waals surface area contributed by atoms with Crippen LogP contribution in [0.4, 0.5) is 5.69 Å². The molecule has 1 aromatic heterocycles. The predicted molar refractivity (Wildman–Crippen MR) is 72.3 cm³/mol. The van der Waals surface area contributed by atoms with E-state index in [0.717, 1.165) is 6.42 Å². The molecule has 17 heavy (non-hydrogen) atoms. The zero-order chi connectivity index (χ0) is 11.2. The van der Waals surface area contributed by atoms with E-state index in [1.807, 2.05) is 6.20 Å². The van der Waals surface area contributed by atoms with Crippen molar-refractivity contribution in [3.05, 3.63) is 54.2 Å². The van der Waals surface area contributed by atoms with Gasteiger partial charge in [0.15, 0.2) is 0 Å². The van der Waals surface area contributed by atoms with Crippen LogP contribution in [0.15, 0.2) is 48.7 Å². The molecule has 2 heteroatoms. The first-order valence-corrected chi connectivity index (χ1v) is 5.87. The molecular formula is C15H12N2. The summed E-state index contributed by atoms with van der Waals surface area (Å²) < 4.78 is 0. The number of para-hydroxylation sites is 1. The minimum absolute atomic E-state index is 1.01. The number of aromatic nitrogens is 1. The lowest BCUT2D eigenvalue weighted by molar-refractivity contribution is 1.24. The van der Waals surface area contributed by atoms with Crippen LogP contribution in [0.3, 0.4) is 0 Å². The Morgan fingerprint density at radius 3 is 2.88 bits per heavy atom. The minimum Gasteiger partial charge on any atom is -0.361 e. The fourth-order valence-electron chi connectivity index (χ4n) is 2.65. The third-order valence-corrected chi connectivity index (χ3v) is 3.44. The largest absolute Gasteiger partial charge is 0.361 e. The van der Waals surface area contributed by atoms with Gasteiger partial charge in [0.1, 0.15) is 0 Å². The van der Waals surface area contributed by atoms with E-state index in [-0.39, 0.29) is 0 Å². The lowest BCUT2D eigenvalue weighted by Crippen LogP contribution is -1.99. The van der Waals surface area contributed by atoms with Crippen LogP contribution in [-0.2, 0) is 6.42 Å². The SMILES string of the molecule is C1=CNc2c(ccc3[nH]c4ccccc4c23)C1. The molecule has 2 N–H and O–H groups in total. The Kier molecular flexibility index (Phi) is 1.64. The summed E-state index contributed by atoms with van der Waals surface area (Å²) >= 11 is 0. The Morgan fingerprint density at radius 2 is 1.88 bits per heavy atom. The molecule has 2 aromatic carbocycles. The normalized spacial score (nSPS) is 13.9. The van der Waals surface area contributed by atoms with Gasteiger partial charge in [-0.05, 0) is 30.3 Å². The van der Waals surface area contributed by atoms with Gasteiger partial charge in [0.2, 0.25) is 0 Å². The lowest BCUT2D eigenvalue weighted by Gasteiger charge is -2.13. The van der Waals surface area contributed by atoms with E-state index in [1.54, 1.807) is 0 Å². The molecule has 2 heterocycles. The molecule has 0 aliphatic carbocycles. The van der Waals surface area contributed by atoms with Gasteiger partial charge in [0.25, 0.3) is 0 Å². The Hall–Kier alpha value is -2.22. The number of allylic oxidation sites excluding steroid dienone is 1. The molecule has 0 bridgehead atoms. The molecule has 0 amide bonds. The number of hydrogen-bond donors (Lipinski definition) is 2. The number of hydrogen-bond acceptors (Lipinski definition) is 1. The van der Waals surface area contributed by atoms with Gasteiger partial charge in [0, 0.05) is 21.8 Å². The summed E-state index contributed by atoms with van der Waals surface area (Å²) in [6, 6.07) is 12.8. The first kappa shape index (κ1) is 8.88. The van der Waals surface area contributed by atoms with Crippen LogP contribution in [0.2, 0.25) is 0 Å². The van der Waals surface area contributed by atoms with Gasteiger partial charge in [-0.25, -0.2) is 0 Å². The highest BCUT2D eigenvalue weighted by Crippen LogP contribution is 2.35. The van der Waals surface area contributed by atoms with Crippen LogP contribution in [0.25, 0.3) is 21.8 Å². The topological polar surface area (TPSA) is 27.8 Å². The zero-order valence-corrected chi connectivity index (χ0v) is 9.33. The first-order valence-electron chi connectivity index (χ1n) is 5.87. The van der Waals surface area contributed by atoms with Gasteiger partial charge >= 0.3 is 0 Å². The Labute approximate surface area is 99.0 Å². The molecule has 0 saturated carbocycles. The molecule has 3 aromatic rings. The number of anilines is 1. The van der Waals surface area contributed by atoms with E-state index in [9.17, 15) is 0 Å². The molecule has 0 saturated heterocycles. The van der Waals surface area contributed by atoms with Crippen LogP contribution < -0.4 is 5.32 Å². The maximum Gasteiger partial charge on any atom is 0.0516 e. The zero-order valence-electron chi connectivity index (χ0n) is 9.33. The van der Waals surface area contributed by atoms with E-state index < -0.39 is 0 Å². The fraction of sp³-hybridized carbons (Fsp3) is 0.0667. The van der Waals surface area contributed by atoms with Crippen molar-refractivity contribution < 1.29 is 0 Å². The average Bonchev–Trinajstić information content (AvgIpc) is 2.77. The number of nitrogens with one attached hydrogen (secondary N) is 2. The molecule has 0 fully saturated rings. The standard InChI is InChI=1S/C15H12N2/c1-2-6-12-11(5-1)14-13(17-12)8-7-10-4-3-9-16-15(10)14/h1-3,5-9,16-17H,4H2. The van der Waals surface area contributed by atoms with Crippen LogP contribution in [0.5, 0.6) is 0 Å². The maximum atomic E-state index is 3.46. The number of benzene rings is 2. The molecule has 0 spiro atoms. The van der Waals surface area contributed by atoms with Crippen molar-refractivity contribution in [3.63, 3.8) is 0 Å². The van der Waals surface area contributed by atoms with E-state index >= 15 is 0 Å². The summed E-state index contributed by atoms with van der Waals surface area (Å²) in [4.78, 5) is 3.46. The summed E-state index contributed by atoms with van der Waals surface area (Å²) in [6.07, 6.45) is 5.20. The number of H-pyrrole nitrogens is 1. The van der Waals surface area contributed by atoms with E-state index in [2.05, 4.69) is 52.8 Å². The third-order valence-electron chi connectivity index (χ3n) is 3.44. The molecule has 2 nitrogen and oxygen atoms in total. The van der Waals surface area contributed by atoms with Crippen LogP contribution in [-0.4, -0.2) is 4.98 Å². The predicted octanol–water partition coefficient (Wildman–Crippen LogP) is 3.80. The lowest BCUT2D eigenvalue weighted by atomic mass is 10.0. The van der Waals surface area contributed by atoms with Crippen LogP contribution in [0.1, 0.15) is 5.56 Å². The van der Waals surface area contributed by atoms with E-state index in [4.69, 9.17) is 0 Å². The molecular weight excluding hydrogens is 208 g/mol. The molecule has 1 aliphatic heterocycles. The quantitative estimate of drug-likeness (QED) is 0.592. The van der Waals surface area contributed by atoms with Gasteiger partial charge in [0.05, 0.1) is 5.69 Å². The van der Waals surface area contributed by atoms with Crippen molar-refractivity contribution in [3.8, 4) is 0 Å². The summed E-state index contributed by atoms with van der Waals surface area (Å²) in [7, 11) is 0. The summed E-state index contributed by atoms with van der Waals surface area (Å²) in [5.74, 6) is 0. The van der Waals surface area contributed by atoms with Gasteiger partial charge < -0.3 is 10.3 Å². The van der Waals surface area contributed by atoms with Crippen molar-refractivity contribution >= 4 is 27.5 Å². The minimum atomic E-state index is 1.01. The Morgan fingerprint density at radius 1 is 0.941 bits per heavy atom. The van der Waals surface area contributed by atoms with Crippen LogP contribution >= 0.6 is 0 Å². The molecule has 4 rings (SSSR count). The highest BCUT2D eigenvalue weighted by Gasteiger charge is 2.12. The van der Waals surface area contributed by atoms with Crippen molar-refractivity contribution in [2.45, 2.75) is 6.42 Å². The number of rotatable bonds is 0. The first-order chi connectivity index (χ1) is 8.43. The second-order valence-electron chi connectivity index (χ2n) is 4.44. The van der Waals surface area contributed by atoms with Crippen molar-refractivity contribution in [1.82, 2.24) is 4.98 Å². The number of aromatic amines is 1. The molecule has 0 radical (unpaired) electrons. The van der Waals surface area contributed by atoms with Crippen molar-refractivity contribution in [1.29, 1.82) is 0 Å². The molecule has 1 aliphatic rings. The average molecular weight is 220 g/mol. The summed E-state index contributed by atoms with van der Waals surface area (Å²) in [5, 5.41) is 5.98. The van der Waals surface area contributed by atoms with Crippen molar-refractivity contribution in [2.75, 3.05) is 5.32 Å². The van der Waals surface area contributed by atoms with Crippen LogP contribution in [0, 0.1) is 0 Å². The molecule has 82 valence electrons. The van der Waals surface area contributed by atoms with Crippen molar-refractivity contribution in [2.24, 2.45) is 0 Å². The smallest absolute Gasteiger partial charge is 0.0516 e. The number of fused-ring (bicyclic) bond motifs is 5. The highest BCUT2D eigenvalue weighted by molar-refractivity contribution is 6.14. The second-order valence-corrected chi connectivity index (χ2v) is 4.44.